The van der Waals surface area contributed by atoms with Crippen LogP contribution >= 0.6 is 0 Å². The van der Waals surface area contributed by atoms with E-state index < -0.39 is 0 Å². The molecular formula is C33H31NO4. The van der Waals surface area contributed by atoms with Crippen LogP contribution in [0.3, 0.4) is 0 Å². The van der Waals surface area contributed by atoms with E-state index in [1.54, 1.807) is 0 Å². The Kier molecular flexibility index (Phi) is 7.10. The predicted octanol–water partition coefficient (Wildman–Crippen LogP) is 6.08. The monoisotopic (exact) mass is 505 g/mol. The van der Waals surface area contributed by atoms with Crippen LogP contribution in [0.25, 0.3) is 0 Å². The molecule has 0 unspecified atom stereocenters. The summed E-state index contributed by atoms with van der Waals surface area (Å²) in [5, 5.41) is 0. The van der Waals surface area contributed by atoms with Crippen molar-refractivity contribution in [1.82, 2.24) is 4.90 Å². The molecule has 6 rings (SSSR count). The van der Waals surface area contributed by atoms with Gasteiger partial charge in [-0.3, -0.25) is 9.69 Å². The Bertz CT molecular complexity index is 1370. The van der Waals surface area contributed by atoms with Crippen molar-refractivity contribution in [3.05, 3.63) is 131 Å². The Labute approximate surface area is 223 Å². The number of ether oxygens (including phenoxy) is 3. The van der Waals surface area contributed by atoms with Gasteiger partial charge in [0.2, 0.25) is 6.79 Å². The van der Waals surface area contributed by atoms with Gasteiger partial charge >= 0.3 is 5.97 Å². The summed E-state index contributed by atoms with van der Waals surface area (Å²) in [6.45, 7) is 1.40. The number of nitrogens with zero attached hydrogens (tertiary/aromatic N) is 1. The van der Waals surface area contributed by atoms with Gasteiger partial charge in [-0.1, -0.05) is 91.0 Å². The Morgan fingerprint density at radius 3 is 2.18 bits per heavy atom. The van der Waals surface area contributed by atoms with Crippen LogP contribution in [0.15, 0.2) is 103 Å². The Balaban J connectivity index is 1.32. The summed E-state index contributed by atoms with van der Waals surface area (Å²) in [6, 6.07) is 35.0. The maximum Gasteiger partial charge on any atom is 0.310 e. The van der Waals surface area contributed by atoms with Crippen molar-refractivity contribution in [2.45, 2.75) is 31.3 Å². The molecule has 0 aliphatic carbocycles. The van der Waals surface area contributed by atoms with Crippen molar-refractivity contribution in [1.29, 1.82) is 0 Å². The highest BCUT2D eigenvalue weighted by Crippen LogP contribution is 2.44. The first-order chi connectivity index (χ1) is 18.7. The second-order valence-electron chi connectivity index (χ2n) is 9.87. The van der Waals surface area contributed by atoms with Gasteiger partial charge in [0.05, 0.1) is 12.5 Å². The van der Waals surface area contributed by atoms with Crippen molar-refractivity contribution < 1.29 is 19.0 Å². The number of hydrogen-bond acceptors (Lipinski definition) is 5. The molecule has 0 aromatic heterocycles. The first-order valence-corrected chi connectivity index (χ1v) is 13.2. The topological polar surface area (TPSA) is 48.0 Å². The lowest BCUT2D eigenvalue weighted by molar-refractivity contribution is -0.145. The third-order valence-electron chi connectivity index (χ3n) is 7.48. The molecule has 2 heterocycles. The summed E-state index contributed by atoms with van der Waals surface area (Å²) in [5.74, 6) is 1.41. The molecule has 2 atom stereocenters. The minimum atomic E-state index is -0.211. The van der Waals surface area contributed by atoms with Crippen molar-refractivity contribution in [3.8, 4) is 11.5 Å². The summed E-state index contributed by atoms with van der Waals surface area (Å²) >= 11 is 0. The standard InChI is InChI=1S/C33H31NO4/c35-33(19-25-12-6-2-7-13-25)36-22-30(26-14-8-3-9-15-26)34-17-16-27-20-31-32(38-23-37-31)21-28(27)29(34)18-24-10-4-1-5-11-24/h1-15,20-21,29-30H,16-19,22-23H2/t29-,30-/m1/s1. The minimum Gasteiger partial charge on any atom is -0.463 e. The third kappa shape index (κ3) is 5.29. The summed E-state index contributed by atoms with van der Waals surface area (Å²) in [5.41, 5.74) is 5.90. The number of carbonyl (C=O) groups is 1. The fraction of sp³-hybridized carbons (Fsp3) is 0.242. The number of rotatable bonds is 8. The van der Waals surface area contributed by atoms with Crippen LogP contribution in [-0.2, 0) is 28.8 Å². The highest BCUT2D eigenvalue weighted by molar-refractivity contribution is 5.72. The number of esters is 1. The van der Waals surface area contributed by atoms with Gasteiger partial charge < -0.3 is 14.2 Å². The molecule has 2 aliphatic heterocycles. The second kappa shape index (κ2) is 11.1. The SMILES string of the molecule is O=C(Cc1ccccc1)OC[C@H](c1ccccc1)N1CCc2cc3c(cc2[C@H]1Cc1ccccc1)OCO3. The van der Waals surface area contributed by atoms with Crippen LogP contribution in [0.5, 0.6) is 11.5 Å². The zero-order valence-electron chi connectivity index (χ0n) is 21.3. The second-order valence-corrected chi connectivity index (χ2v) is 9.87. The van der Waals surface area contributed by atoms with Gasteiger partial charge in [0.1, 0.15) is 6.61 Å². The maximum absolute atomic E-state index is 12.9. The molecule has 5 heteroatoms. The van der Waals surface area contributed by atoms with Gasteiger partial charge in [0.15, 0.2) is 11.5 Å². The predicted molar refractivity (Wildman–Crippen MR) is 146 cm³/mol. The molecule has 0 N–H and O–H groups in total. The van der Waals surface area contributed by atoms with E-state index in [0.29, 0.717) is 6.61 Å². The molecule has 0 radical (unpaired) electrons. The van der Waals surface area contributed by atoms with E-state index >= 15 is 0 Å². The van der Waals surface area contributed by atoms with Gasteiger partial charge in [0, 0.05) is 12.6 Å². The van der Waals surface area contributed by atoms with E-state index in [4.69, 9.17) is 14.2 Å². The zero-order chi connectivity index (χ0) is 25.7. The number of benzene rings is 4. The van der Waals surface area contributed by atoms with E-state index in [-0.39, 0.29) is 31.3 Å². The Hall–Kier alpha value is -4.09. The Morgan fingerprint density at radius 1 is 0.842 bits per heavy atom. The average Bonchev–Trinajstić information content (AvgIpc) is 3.42. The van der Waals surface area contributed by atoms with Crippen molar-refractivity contribution in [2.75, 3.05) is 19.9 Å². The van der Waals surface area contributed by atoms with Crippen LogP contribution in [0.4, 0.5) is 0 Å². The van der Waals surface area contributed by atoms with Crippen molar-refractivity contribution in [3.63, 3.8) is 0 Å². The molecule has 192 valence electrons. The summed E-state index contributed by atoms with van der Waals surface area (Å²) in [7, 11) is 0. The van der Waals surface area contributed by atoms with Crippen LogP contribution < -0.4 is 9.47 Å². The molecule has 2 aliphatic rings. The van der Waals surface area contributed by atoms with E-state index in [1.165, 1.54) is 16.7 Å². The Morgan fingerprint density at radius 2 is 1.47 bits per heavy atom. The largest absolute Gasteiger partial charge is 0.463 e. The summed E-state index contributed by atoms with van der Waals surface area (Å²) < 4.78 is 17.4. The number of fused-ring (bicyclic) bond motifs is 2. The maximum atomic E-state index is 12.9. The van der Waals surface area contributed by atoms with Crippen LogP contribution in [0, 0.1) is 0 Å². The van der Waals surface area contributed by atoms with Gasteiger partial charge in [-0.15, -0.1) is 0 Å². The fourth-order valence-corrected chi connectivity index (χ4v) is 5.59. The molecule has 0 fully saturated rings. The molecule has 0 amide bonds. The highest BCUT2D eigenvalue weighted by Gasteiger charge is 2.35. The van der Waals surface area contributed by atoms with Gasteiger partial charge in [-0.2, -0.15) is 0 Å². The van der Waals surface area contributed by atoms with Crippen molar-refractivity contribution >= 4 is 5.97 Å². The highest BCUT2D eigenvalue weighted by atomic mass is 16.7. The minimum absolute atomic E-state index is 0.0804. The molecule has 0 bridgehead atoms. The molecular weight excluding hydrogens is 474 g/mol. The number of hydrogen-bond donors (Lipinski definition) is 0. The van der Waals surface area contributed by atoms with E-state index in [0.717, 1.165) is 42.0 Å². The molecule has 38 heavy (non-hydrogen) atoms. The lowest BCUT2D eigenvalue weighted by Crippen LogP contribution is -2.41. The quantitative estimate of drug-likeness (QED) is 0.272. The summed E-state index contributed by atoms with van der Waals surface area (Å²) in [6.07, 6.45) is 2.00. The smallest absolute Gasteiger partial charge is 0.310 e. The average molecular weight is 506 g/mol. The molecule has 4 aromatic carbocycles. The van der Waals surface area contributed by atoms with Crippen LogP contribution in [0.1, 0.15) is 39.9 Å². The van der Waals surface area contributed by atoms with Crippen LogP contribution in [-0.4, -0.2) is 30.8 Å². The first-order valence-electron chi connectivity index (χ1n) is 13.2. The lowest BCUT2D eigenvalue weighted by atomic mass is 9.86. The molecule has 4 aromatic rings. The molecule has 0 saturated heterocycles. The lowest BCUT2D eigenvalue weighted by Gasteiger charge is -2.42. The van der Waals surface area contributed by atoms with E-state index in [9.17, 15) is 4.79 Å². The summed E-state index contributed by atoms with van der Waals surface area (Å²) in [4.78, 5) is 15.4. The normalized spacial score (nSPS) is 17.0. The van der Waals surface area contributed by atoms with Gasteiger partial charge in [-0.25, -0.2) is 0 Å². The van der Waals surface area contributed by atoms with Gasteiger partial charge in [0.25, 0.3) is 0 Å². The van der Waals surface area contributed by atoms with Crippen molar-refractivity contribution in [2.24, 2.45) is 0 Å². The first kappa shape index (κ1) is 24.3. The van der Waals surface area contributed by atoms with E-state index in [2.05, 4.69) is 65.6 Å². The third-order valence-corrected chi connectivity index (χ3v) is 7.48. The molecule has 0 spiro atoms. The fourth-order valence-electron chi connectivity index (χ4n) is 5.59. The zero-order valence-corrected chi connectivity index (χ0v) is 21.3. The number of carbonyl (C=O) groups excluding carboxylic acids is 1. The van der Waals surface area contributed by atoms with Gasteiger partial charge in [-0.05, 0) is 52.8 Å². The van der Waals surface area contributed by atoms with E-state index in [1.807, 2.05) is 42.5 Å². The van der Waals surface area contributed by atoms with Crippen LogP contribution in [0.2, 0.25) is 0 Å². The molecule has 0 saturated carbocycles. The molecule has 5 nitrogen and oxygen atoms in total.